The molecule has 6 nitrogen and oxygen atoms in total. The third-order valence-electron chi connectivity index (χ3n) is 3.97. The Morgan fingerprint density at radius 2 is 1.56 bits per heavy atom. The maximum absolute atomic E-state index is 13.3. The number of anilines is 1. The first-order valence-corrected chi connectivity index (χ1v) is 9.71. The molecule has 1 aliphatic heterocycles. The fourth-order valence-corrected chi connectivity index (χ4v) is 4.33. The van der Waals surface area contributed by atoms with Gasteiger partial charge in [-0.25, -0.2) is 0 Å². The normalized spacial score (nSPS) is 15.1. The van der Waals surface area contributed by atoms with Crippen LogP contribution in [0.4, 0.5) is 5.69 Å². The summed E-state index contributed by atoms with van der Waals surface area (Å²) in [5, 5.41) is 3.32. The van der Waals surface area contributed by atoms with Crippen LogP contribution in [-0.2, 0) is 14.8 Å². The Hall–Kier alpha value is -2.09. The predicted octanol–water partition coefficient (Wildman–Crippen LogP) is 2.92. The Balaban J connectivity index is 2.10. The minimum Gasteiger partial charge on any atom is -0.275 e. The standard InChI is InChI=1S/C17H18ClN3O3S/c18-15-8-10-17(11-9-15)25(23,24)21(16-6-2-1-3-7-16)20(14-22)19-12-4-5-13-19/h1-3,6-11,14H,4-5,12-13H2. The zero-order valence-corrected chi connectivity index (χ0v) is 15.0. The Morgan fingerprint density at radius 3 is 2.12 bits per heavy atom. The molecular weight excluding hydrogens is 362 g/mol. The summed E-state index contributed by atoms with van der Waals surface area (Å²) in [5.74, 6) is 0. The molecule has 0 unspecified atom stereocenters. The number of sulfonamides is 1. The highest BCUT2D eigenvalue weighted by molar-refractivity contribution is 7.92. The van der Waals surface area contributed by atoms with E-state index in [1.807, 2.05) is 0 Å². The molecule has 0 aromatic heterocycles. The molecule has 2 aromatic rings. The van der Waals surface area contributed by atoms with Gasteiger partial charge in [-0.15, -0.1) is 0 Å². The second-order valence-corrected chi connectivity index (χ2v) is 7.83. The van der Waals surface area contributed by atoms with E-state index in [4.69, 9.17) is 11.6 Å². The van der Waals surface area contributed by atoms with Crippen LogP contribution in [0.5, 0.6) is 0 Å². The lowest BCUT2D eigenvalue weighted by molar-refractivity contribution is -0.132. The number of hydrogen-bond acceptors (Lipinski definition) is 4. The molecule has 1 fully saturated rings. The minimum atomic E-state index is -3.99. The Morgan fingerprint density at radius 1 is 0.960 bits per heavy atom. The van der Waals surface area contributed by atoms with E-state index < -0.39 is 10.0 Å². The fraction of sp³-hybridized carbons (Fsp3) is 0.235. The molecule has 8 heteroatoms. The van der Waals surface area contributed by atoms with E-state index in [0.717, 1.165) is 22.4 Å². The maximum atomic E-state index is 13.3. The average molecular weight is 380 g/mol. The van der Waals surface area contributed by atoms with Crippen molar-refractivity contribution in [1.82, 2.24) is 10.1 Å². The van der Waals surface area contributed by atoms with E-state index in [2.05, 4.69) is 0 Å². The zero-order valence-electron chi connectivity index (χ0n) is 13.5. The number of hydrazine groups is 2. The van der Waals surface area contributed by atoms with Crippen LogP contribution in [0.1, 0.15) is 12.8 Å². The van der Waals surface area contributed by atoms with Crippen LogP contribution in [0.2, 0.25) is 5.02 Å². The lowest BCUT2D eigenvalue weighted by Gasteiger charge is -2.37. The molecule has 0 aliphatic carbocycles. The van der Waals surface area contributed by atoms with E-state index in [1.165, 1.54) is 24.3 Å². The highest BCUT2D eigenvalue weighted by atomic mass is 35.5. The third-order valence-corrected chi connectivity index (χ3v) is 5.92. The number of carbonyl (C=O) groups is 1. The van der Waals surface area contributed by atoms with E-state index in [1.54, 1.807) is 35.3 Å². The van der Waals surface area contributed by atoms with Gasteiger partial charge in [0.15, 0.2) is 0 Å². The smallest absolute Gasteiger partial charge is 0.275 e. The molecule has 1 saturated heterocycles. The molecule has 0 atom stereocenters. The van der Waals surface area contributed by atoms with Crippen LogP contribution in [0.25, 0.3) is 0 Å². The molecule has 0 saturated carbocycles. The van der Waals surface area contributed by atoms with Gasteiger partial charge in [0.25, 0.3) is 10.0 Å². The summed E-state index contributed by atoms with van der Waals surface area (Å²) in [7, 11) is -3.99. The van der Waals surface area contributed by atoms with Gasteiger partial charge in [0.1, 0.15) is 0 Å². The van der Waals surface area contributed by atoms with Crippen molar-refractivity contribution in [2.75, 3.05) is 17.5 Å². The molecular formula is C17H18ClN3O3S. The Bertz CT molecular complexity index is 822. The van der Waals surface area contributed by atoms with Gasteiger partial charge in [0, 0.05) is 18.1 Å². The van der Waals surface area contributed by atoms with Crippen molar-refractivity contribution in [3.8, 4) is 0 Å². The summed E-state index contributed by atoms with van der Waals surface area (Å²) in [5.41, 5.74) is 0.386. The highest BCUT2D eigenvalue weighted by Crippen LogP contribution is 2.27. The zero-order chi connectivity index (χ0) is 17.9. The van der Waals surface area contributed by atoms with Crippen LogP contribution >= 0.6 is 11.6 Å². The summed E-state index contributed by atoms with van der Waals surface area (Å²) in [6.07, 6.45) is 2.35. The van der Waals surface area contributed by atoms with Gasteiger partial charge in [0.05, 0.1) is 10.6 Å². The molecule has 0 radical (unpaired) electrons. The second kappa shape index (κ2) is 7.43. The largest absolute Gasteiger partial charge is 0.283 e. The van der Waals surface area contributed by atoms with Crippen LogP contribution < -0.4 is 4.41 Å². The number of nitrogens with zero attached hydrogens (tertiary/aromatic N) is 3. The first-order valence-electron chi connectivity index (χ1n) is 7.89. The quantitative estimate of drug-likeness (QED) is 0.572. The number of benzene rings is 2. The Kier molecular flexibility index (Phi) is 5.27. The summed E-state index contributed by atoms with van der Waals surface area (Å²) in [6.45, 7) is 1.25. The summed E-state index contributed by atoms with van der Waals surface area (Å²) in [6, 6.07) is 14.4. The van der Waals surface area contributed by atoms with Gasteiger partial charge in [0.2, 0.25) is 6.41 Å². The molecule has 1 amide bonds. The van der Waals surface area contributed by atoms with Crippen molar-refractivity contribution in [3.05, 3.63) is 59.6 Å². The number of halogens is 1. The number of para-hydroxylation sites is 1. The summed E-state index contributed by atoms with van der Waals surface area (Å²) >= 11 is 5.87. The van der Waals surface area contributed by atoms with Crippen LogP contribution in [-0.4, -0.2) is 38.0 Å². The first-order chi connectivity index (χ1) is 12.0. The van der Waals surface area contributed by atoms with Gasteiger partial charge in [-0.05, 0) is 49.2 Å². The van der Waals surface area contributed by atoms with Crippen molar-refractivity contribution < 1.29 is 13.2 Å². The van der Waals surface area contributed by atoms with Crippen molar-refractivity contribution >= 4 is 33.7 Å². The number of hydrogen-bond donors (Lipinski definition) is 0. The van der Waals surface area contributed by atoms with Gasteiger partial charge >= 0.3 is 0 Å². The molecule has 3 rings (SSSR count). The van der Waals surface area contributed by atoms with Crippen LogP contribution in [0.15, 0.2) is 59.5 Å². The average Bonchev–Trinajstić information content (AvgIpc) is 3.14. The minimum absolute atomic E-state index is 0.0619. The molecule has 0 bridgehead atoms. The number of amides is 1. The molecule has 0 spiro atoms. The molecule has 132 valence electrons. The van der Waals surface area contributed by atoms with Crippen LogP contribution in [0.3, 0.4) is 0 Å². The van der Waals surface area contributed by atoms with Crippen molar-refractivity contribution in [1.29, 1.82) is 0 Å². The SMILES string of the molecule is O=CN(N1CCCC1)N(c1ccccc1)S(=O)(=O)c1ccc(Cl)cc1. The Labute approximate surface area is 152 Å². The van der Waals surface area contributed by atoms with E-state index >= 15 is 0 Å². The molecule has 1 aliphatic rings. The maximum Gasteiger partial charge on any atom is 0.283 e. The molecule has 0 N–H and O–H groups in total. The molecule has 1 heterocycles. The van der Waals surface area contributed by atoms with Gasteiger partial charge in [-0.1, -0.05) is 29.8 Å². The summed E-state index contributed by atoms with van der Waals surface area (Å²) < 4.78 is 27.5. The van der Waals surface area contributed by atoms with E-state index in [9.17, 15) is 13.2 Å². The highest BCUT2D eigenvalue weighted by Gasteiger charge is 2.34. The predicted molar refractivity (Wildman–Crippen MR) is 96.3 cm³/mol. The first kappa shape index (κ1) is 17.7. The molecule has 2 aromatic carbocycles. The van der Waals surface area contributed by atoms with Gasteiger partial charge in [-0.3, -0.25) is 4.79 Å². The monoisotopic (exact) mass is 379 g/mol. The molecule has 25 heavy (non-hydrogen) atoms. The second-order valence-electron chi connectivity index (χ2n) is 5.62. The topological polar surface area (TPSA) is 60.9 Å². The fourth-order valence-electron chi connectivity index (χ4n) is 2.76. The van der Waals surface area contributed by atoms with Gasteiger partial charge in [-0.2, -0.15) is 23.0 Å². The third kappa shape index (κ3) is 3.63. The van der Waals surface area contributed by atoms with Gasteiger partial charge < -0.3 is 0 Å². The van der Waals surface area contributed by atoms with E-state index in [-0.39, 0.29) is 4.90 Å². The summed E-state index contributed by atoms with van der Waals surface area (Å²) in [4.78, 5) is 11.9. The van der Waals surface area contributed by atoms with Crippen molar-refractivity contribution in [2.24, 2.45) is 0 Å². The van der Waals surface area contributed by atoms with Crippen LogP contribution in [0, 0.1) is 0 Å². The number of carbonyl (C=O) groups excluding carboxylic acids is 1. The van der Waals surface area contributed by atoms with Crippen molar-refractivity contribution in [3.63, 3.8) is 0 Å². The lowest BCUT2D eigenvalue weighted by Crippen LogP contribution is -2.54. The lowest BCUT2D eigenvalue weighted by atomic mass is 10.3. The van der Waals surface area contributed by atoms with Crippen molar-refractivity contribution in [2.45, 2.75) is 17.7 Å². The van der Waals surface area contributed by atoms with E-state index in [0.29, 0.717) is 30.2 Å². The number of rotatable bonds is 6.